The zero-order valence-corrected chi connectivity index (χ0v) is 18.9. The number of likely N-dealkylation sites (N-methyl/N-ethyl adjacent to an activating group) is 1. The van der Waals surface area contributed by atoms with E-state index in [1.165, 1.54) is 11.3 Å². The van der Waals surface area contributed by atoms with E-state index in [1.54, 1.807) is 11.3 Å². The zero-order valence-electron chi connectivity index (χ0n) is 18.1. The van der Waals surface area contributed by atoms with E-state index in [0.717, 1.165) is 20.9 Å². The third-order valence-electron chi connectivity index (χ3n) is 4.60. The van der Waals surface area contributed by atoms with E-state index in [2.05, 4.69) is 70.4 Å². The van der Waals surface area contributed by atoms with Crippen LogP contribution in [0.15, 0.2) is 42.5 Å². The molecule has 0 bridgehead atoms. The van der Waals surface area contributed by atoms with Crippen LogP contribution in [0.5, 0.6) is 0 Å². The van der Waals surface area contributed by atoms with Gasteiger partial charge in [0.2, 0.25) is 5.52 Å². The van der Waals surface area contributed by atoms with Gasteiger partial charge in [-0.05, 0) is 35.9 Å². The Hall–Kier alpha value is -2.70. The van der Waals surface area contributed by atoms with Gasteiger partial charge in [0, 0.05) is 37.6 Å². The number of hydrogen-bond donors (Lipinski definition) is 1. The highest BCUT2D eigenvalue weighted by atomic mass is 32.1. The summed E-state index contributed by atoms with van der Waals surface area (Å²) in [5.41, 5.74) is 4.35. The molecule has 1 N–H and O–H groups in total. The molecular weight excluding hydrogens is 380 g/mol. The van der Waals surface area contributed by atoms with Crippen LogP contribution in [0.25, 0.3) is 22.4 Å². The number of carbonyl (C=O) groups excluding carboxylic acids is 1. The standard InChI is InChI=1S/C23H29N4OS/c1-25(2)19-11-7-17(8-12-19)9-14-23-26(3)20-13-10-18(15-21(20)29-23)24-22(28)16-27(4,5)6/h7-15H,16H2,1-6H3/q+1/p+1. The van der Waals surface area contributed by atoms with Gasteiger partial charge in [-0.3, -0.25) is 4.79 Å². The molecular formula is C23H30N4OS+2. The number of aromatic nitrogens is 1. The third-order valence-corrected chi connectivity index (χ3v) is 5.76. The van der Waals surface area contributed by atoms with E-state index in [0.29, 0.717) is 11.0 Å². The zero-order chi connectivity index (χ0) is 21.2. The highest BCUT2D eigenvalue weighted by Crippen LogP contribution is 2.25. The van der Waals surface area contributed by atoms with Crippen molar-refractivity contribution >= 4 is 51.0 Å². The maximum Gasteiger partial charge on any atom is 0.279 e. The molecule has 0 aliphatic heterocycles. The molecule has 3 aromatic rings. The average Bonchev–Trinajstić information content (AvgIpc) is 2.94. The first kappa shape index (κ1) is 21.0. The number of fused-ring (bicyclic) bond motifs is 1. The Morgan fingerprint density at radius 2 is 1.79 bits per heavy atom. The first-order valence-electron chi connectivity index (χ1n) is 9.61. The molecule has 0 saturated heterocycles. The van der Waals surface area contributed by atoms with Crippen molar-refractivity contribution in [2.24, 2.45) is 7.05 Å². The number of amides is 1. The first-order chi connectivity index (χ1) is 13.6. The smallest absolute Gasteiger partial charge is 0.279 e. The van der Waals surface area contributed by atoms with Crippen LogP contribution in [0, 0.1) is 0 Å². The van der Waals surface area contributed by atoms with Gasteiger partial charge in [0.25, 0.3) is 10.9 Å². The number of carbonyl (C=O) groups is 1. The van der Waals surface area contributed by atoms with E-state index in [-0.39, 0.29) is 5.91 Å². The van der Waals surface area contributed by atoms with Crippen molar-refractivity contribution in [1.29, 1.82) is 0 Å². The van der Waals surface area contributed by atoms with Crippen molar-refractivity contribution in [3.8, 4) is 0 Å². The summed E-state index contributed by atoms with van der Waals surface area (Å²) in [5.74, 6) is 0.0269. The van der Waals surface area contributed by atoms with Crippen LogP contribution in [0.2, 0.25) is 0 Å². The van der Waals surface area contributed by atoms with E-state index in [4.69, 9.17) is 0 Å². The summed E-state index contributed by atoms with van der Waals surface area (Å²) in [5, 5.41) is 4.17. The van der Waals surface area contributed by atoms with Gasteiger partial charge in [-0.1, -0.05) is 23.5 Å². The second-order valence-electron chi connectivity index (χ2n) is 8.50. The quantitative estimate of drug-likeness (QED) is 0.498. The fraction of sp³-hybridized carbons (Fsp3) is 0.304. The predicted octanol–water partition coefficient (Wildman–Crippen LogP) is 3.61. The Kier molecular flexibility index (Phi) is 6.05. The summed E-state index contributed by atoms with van der Waals surface area (Å²) < 4.78 is 3.94. The highest BCUT2D eigenvalue weighted by Gasteiger charge is 2.17. The molecule has 0 unspecified atom stereocenters. The number of quaternary nitrogens is 1. The predicted molar refractivity (Wildman–Crippen MR) is 124 cm³/mol. The van der Waals surface area contributed by atoms with Crippen molar-refractivity contribution in [2.45, 2.75) is 0 Å². The van der Waals surface area contributed by atoms with Gasteiger partial charge in [0.1, 0.15) is 11.7 Å². The van der Waals surface area contributed by atoms with Gasteiger partial charge >= 0.3 is 0 Å². The summed E-state index contributed by atoms with van der Waals surface area (Å²) in [6.45, 7) is 0.441. The minimum Gasteiger partial charge on any atom is -0.378 e. The normalized spacial score (nSPS) is 11.9. The van der Waals surface area contributed by atoms with Crippen LogP contribution in [-0.2, 0) is 11.8 Å². The lowest BCUT2D eigenvalue weighted by Gasteiger charge is -2.22. The summed E-state index contributed by atoms with van der Waals surface area (Å²) >= 11 is 1.72. The molecule has 5 nitrogen and oxygen atoms in total. The fourth-order valence-corrected chi connectivity index (χ4v) is 4.17. The van der Waals surface area contributed by atoms with Crippen LogP contribution in [0.1, 0.15) is 10.6 Å². The van der Waals surface area contributed by atoms with Gasteiger partial charge in [-0.15, -0.1) is 0 Å². The molecule has 3 rings (SSSR count). The minimum absolute atomic E-state index is 0.0269. The summed E-state index contributed by atoms with van der Waals surface area (Å²) in [7, 11) is 12.2. The molecule has 0 atom stereocenters. The van der Waals surface area contributed by atoms with Crippen LogP contribution >= 0.6 is 11.3 Å². The maximum absolute atomic E-state index is 12.2. The Balaban J connectivity index is 1.79. The number of benzene rings is 2. The summed E-state index contributed by atoms with van der Waals surface area (Å²) in [4.78, 5) is 14.3. The van der Waals surface area contributed by atoms with E-state index in [9.17, 15) is 4.79 Å². The second-order valence-corrected chi connectivity index (χ2v) is 9.56. The minimum atomic E-state index is 0.0269. The number of anilines is 2. The molecule has 1 heterocycles. The molecule has 6 heteroatoms. The fourth-order valence-electron chi connectivity index (χ4n) is 3.08. The van der Waals surface area contributed by atoms with Gasteiger partial charge in [0.05, 0.1) is 21.1 Å². The molecule has 1 aromatic heterocycles. The Morgan fingerprint density at radius 3 is 2.41 bits per heavy atom. The summed E-state index contributed by atoms with van der Waals surface area (Å²) in [6.07, 6.45) is 4.28. The second kappa shape index (κ2) is 8.35. The number of thiazole rings is 1. The van der Waals surface area contributed by atoms with Crippen LogP contribution in [0.3, 0.4) is 0 Å². The first-order valence-corrected chi connectivity index (χ1v) is 10.4. The molecule has 0 fully saturated rings. The van der Waals surface area contributed by atoms with Crippen molar-refractivity contribution in [3.05, 3.63) is 53.0 Å². The van der Waals surface area contributed by atoms with E-state index < -0.39 is 0 Å². The lowest BCUT2D eigenvalue weighted by Crippen LogP contribution is -2.41. The Labute approximate surface area is 177 Å². The third kappa shape index (κ3) is 5.43. The van der Waals surface area contributed by atoms with E-state index >= 15 is 0 Å². The lowest BCUT2D eigenvalue weighted by atomic mass is 10.2. The average molecular weight is 411 g/mol. The van der Waals surface area contributed by atoms with Gasteiger partial charge in [-0.25, -0.2) is 0 Å². The lowest BCUT2D eigenvalue weighted by molar-refractivity contribution is -0.861. The van der Waals surface area contributed by atoms with Gasteiger partial charge < -0.3 is 14.7 Å². The monoisotopic (exact) mass is 410 g/mol. The number of hydrogen-bond acceptors (Lipinski definition) is 3. The van der Waals surface area contributed by atoms with Crippen molar-refractivity contribution in [2.75, 3.05) is 52.0 Å². The van der Waals surface area contributed by atoms with E-state index in [1.807, 2.05) is 41.3 Å². The van der Waals surface area contributed by atoms with Gasteiger partial charge in [-0.2, -0.15) is 4.57 Å². The highest BCUT2D eigenvalue weighted by molar-refractivity contribution is 7.18. The Morgan fingerprint density at radius 1 is 1.10 bits per heavy atom. The molecule has 0 spiro atoms. The topological polar surface area (TPSA) is 36.2 Å². The van der Waals surface area contributed by atoms with Crippen molar-refractivity contribution in [1.82, 2.24) is 0 Å². The molecule has 1 amide bonds. The number of aryl methyl sites for hydroxylation is 1. The van der Waals surface area contributed by atoms with Crippen LogP contribution in [0.4, 0.5) is 11.4 Å². The summed E-state index contributed by atoms with van der Waals surface area (Å²) in [6, 6.07) is 14.6. The number of nitrogens with one attached hydrogen (secondary N) is 1. The Bertz CT molecular complexity index is 1040. The number of rotatable bonds is 6. The van der Waals surface area contributed by atoms with Gasteiger partial charge in [0.15, 0.2) is 6.54 Å². The SMILES string of the molecule is CN(C)c1ccc(/C=C/c2sc3cc(NC(=O)C[N+](C)(C)C)ccc3[n+]2C)cc1. The largest absolute Gasteiger partial charge is 0.378 e. The maximum atomic E-state index is 12.2. The number of nitrogens with zero attached hydrogens (tertiary/aromatic N) is 3. The van der Waals surface area contributed by atoms with Crippen LogP contribution in [-0.4, -0.2) is 52.2 Å². The molecule has 0 radical (unpaired) electrons. The molecule has 29 heavy (non-hydrogen) atoms. The molecule has 0 saturated carbocycles. The van der Waals surface area contributed by atoms with Crippen molar-refractivity contribution in [3.63, 3.8) is 0 Å². The van der Waals surface area contributed by atoms with Crippen LogP contribution < -0.4 is 14.8 Å². The molecule has 152 valence electrons. The van der Waals surface area contributed by atoms with Crippen molar-refractivity contribution < 1.29 is 13.8 Å². The molecule has 0 aliphatic rings. The molecule has 0 aliphatic carbocycles. The molecule has 2 aromatic carbocycles.